The van der Waals surface area contributed by atoms with Crippen molar-refractivity contribution in [2.75, 3.05) is 13.2 Å². The zero-order valence-electron chi connectivity index (χ0n) is 7.09. The molecule has 0 aromatic rings. The van der Waals surface area contributed by atoms with Gasteiger partial charge in [0.1, 0.15) is 6.04 Å². The van der Waals surface area contributed by atoms with E-state index in [0.717, 1.165) is 0 Å². The second-order valence-corrected chi connectivity index (χ2v) is 2.17. The van der Waals surface area contributed by atoms with Crippen LogP contribution in [0, 0.1) is 0 Å². The maximum atomic E-state index is 10.9. The molecule has 0 aromatic carbocycles. The third kappa shape index (κ3) is 4.56. The molecular weight excluding hydrogens is 142 g/mol. The average molecular weight is 157 g/mol. The average Bonchev–Trinajstić information content (AvgIpc) is 2.00. The van der Waals surface area contributed by atoms with Gasteiger partial charge in [0.2, 0.25) is 0 Å². The third-order valence-corrected chi connectivity index (χ3v) is 1.21. The summed E-state index contributed by atoms with van der Waals surface area (Å²) in [6.07, 6.45) is 1.70. The highest BCUT2D eigenvalue weighted by molar-refractivity contribution is 5.75. The lowest BCUT2D eigenvalue weighted by Crippen LogP contribution is -2.35. The highest BCUT2D eigenvalue weighted by atomic mass is 16.5. The van der Waals surface area contributed by atoms with Gasteiger partial charge in [-0.05, 0) is 13.8 Å². The van der Waals surface area contributed by atoms with Crippen molar-refractivity contribution in [1.29, 1.82) is 0 Å². The summed E-state index contributed by atoms with van der Waals surface area (Å²) in [5.74, 6) is -0.214. The minimum atomic E-state index is -0.243. The summed E-state index contributed by atoms with van der Waals surface area (Å²) < 4.78 is 4.76. The summed E-state index contributed by atoms with van der Waals surface area (Å²) in [4.78, 5) is 10.9. The zero-order valence-corrected chi connectivity index (χ0v) is 7.09. The van der Waals surface area contributed by atoms with E-state index in [1.165, 1.54) is 0 Å². The Kier molecular flexibility index (Phi) is 5.47. The van der Waals surface area contributed by atoms with E-state index >= 15 is 0 Å². The van der Waals surface area contributed by atoms with Gasteiger partial charge in [0, 0.05) is 6.54 Å². The lowest BCUT2D eigenvalue weighted by atomic mass is 10.3. The van der Waals surface area contributed by atoms with Crippen molar-refractivity contribution in [3.05, 3.63) is 12.7 Å². The SMILES string of the molecule is C=CCN[C@@H](C)C(=O)OCC. The molecule has 3 nitrogen and oxygen atoms in total. The normalized spacial score (nSPS) is 12.2. The molecule has 0 spiro atoms. The van der Waals surface area contributed by atoms with E-state index in [2.05, 4.69) is 11.9 Å². The second-order valence-electron chi connectivity index (χ2n) is 2.17. The Labute approximate surface area is 67.4 Å². The molecule has 0 amide bonds. The molecule has 0 radical (unpaired) electrons. The van der Waals surface area contributed by atoms with Gasteiger partial charge >= 0.3 is 5.97 Å². The minimum absolute atomic E-state index is 0.214. The minimum Gasteiger partial charge on any atom is -0.465 e. The van der Waals surface area contributed by atoms with Gasteiger partial charge in [0.25, 0.3) is 0 Å². The standard InChI is InChI=1S/C8H15NO2/c1-4-6-9-7(3)8(10)11-5-2/h4,7,9H,1,5-6H2,2-3H3/t7-/m0/s1. The maximum Gasteiger partial charge on any atom is 0.322 e. The summed E-state index contributed by atoms with van der Waals surface area (Å²) in [6, 6.07) is -0.243. The molecule has 0 rings (SSSR count). The summed E-state index contributed by atoms with van der Waals surface area (Å²) in [5.41, 5.74) is 0. The van der Waals surface area contributed by atoms with Crippen molar-refractivity contribution < 1.29 is 9.53 Å². The van der Waals surface area contributed by atoms with Crippen LogP contribution in [-0.4, -0.2) is 25.2 Å². The molecule has 0 aliphatic heterocycles. The van der Waals surface area contributed by atoms with Crippen molar-refractivity contribution in [1.82, 2.24) is 5.32 Å². The van der Waals surface area contributed by atoms with Gasteiger partial charge in [0.05, 0.1) is 6.61 Å². The van der Waals surface area contributed by atoms with E-state index in [4.69, 9.17) is 4.74 Å². The summed E-state index contributed by atoms with van der Waals surface area (Å²) in [6.45, 7) is 8.13. The number of esters is 1. The summed E-state index contributed by atoms with van der Waals surface area (Å²) in [7, 11) is 0. The van der Waals surface area contributed by atoms with Crippen LogP contribution in [0.5, 0.6) is 0 Å². The van der Waals surface area contributed by atoms with Crippen molar-refractivity contribution >= 4 is 5.97 Å². The van der Waals surface area contributed by atoms with Gasteiger partial charge in [0.15, 0.2) is 0 Å². The van der Waals surface area contributed by atoms with Crippen molar-refractivity contribution in [3.8, 4) is 0 Å². The Bertz CT molecular complexity index is 134. The van der Waals surface area contributed by atoms with Crippen LogP contribution in [0.15, 0.2) is 12.7 Å². The van der Waals surface area contributed by atoms with Gasteiger partial charge in [-0.1, -0.05) is 6.08 Å². The van der Waals surface area contributed by atoms with Crippen LogP contribution in [0.3, 0.4) is 0 Å². The van der Waals surface area contributed by atoms with E-state index in [1.54, 1.807) is 19.9 Å². The van der Waals surface area contributed by atoms with Crippen molar-refractivity contribution in [3.63, 3.8) is 0 Å². The number of ether oxygens (including phenoxy) is 1. The fraction of sp³-hybridized carbons (Fsp3) is 0.625. The zero-order chi connectivity index (χ0) is 8.69. The monoisotopic (exact) mass is 157 g/mol. The number of rotatable bonds is 5. The van der Waals surface area contributed by atoms with E-state index in [0.29, 0.717) is 13.2 Å². The number of carbonyl (C=O) groups excluding carboxylic acids is 1. The molecule has 0 bridgehead atoms. The number of hydrogen-bond acceptors (Lipinski definition) is 3. The molecular formula is C8H15NO2. The van der Waals surface area contributed by atoms with Gasteiger partial charge in [-0.2, -0.15) is 0 Å². The first-order chi connectivity index (χ1) is 5.22. The molecule has 0 saturated carbocycles. The molecule has 3 heteroatoms. The lowest BCUT2D eigenvalue weighted by Gasteiger charge is -2.09. The summed E-state index contributed by atoms with van der Waals surface area (Å²) >= 11 is 0. The van der Waals surface area contributed by atoms with Crippen LogP contribution in [-0.2, 0) is 9.53 Å². The van der Waals surface area contributed by atoms with Crippen LogP contribution in [0.2, 0.25) is 0 Å². The number of carbonyl (C=O) groups is 1. The Hall–Kier alpha value is -0.830. The quantitative estimate of drug-likeness (QED) is 0.472. The fourth-order valence-corrected chi connectivity index (χ4v) is 0.611. The topological polar surface area (TPSA) is 38.3 Å². The Morgan fingerprint density at radius 3 is 2.91 bits per heavy atom. The number of hydrogen-bond donors (Lipinski definition) is 1. The Balaban J connectivity index is 3.54. The Morgan fingerprint density at radius 2 is 2.45 bits per heavy atom. The number of nitrogens with one attached hydrogen (secondary N) is 1. The van der Waals surface area contributed by atoms with Crippen molar-refractivity contribution in [2.24, 2.45) is 0 Å². The predicted molar refractivity (Wildman–Crippen MR) is 44.3 cm³/mol. The van der Waals surface area contributed by atoms with Crippen LogP contribution in [0.25, 0.3) is 0 Å². The molecule has 0 aromatic heterocycles. The van der Waals surface area contributed by atoms with Crippen LogP contribution >= 0.6 is 0 Å². The molecule has 0 aliphatic carbocycles. The van der Waals surface area contributed by atoms with Gasteiger partial charge in [-0.25, -0.2) is 0 Å². The fourth-order valence-electron chi connectivity index (χ4n) is 0.611. The Morgan fingerprint density at radius 1 is 1.82 bits per heavy atom. The first-order valence-corrected chi connectivity index (χ1v) is 3.73. The van der Waals surface area contributed by atoms with E-state index in [1.807, 2.05) is 0 Å². The molecule has 64 valence electrons. The van der Waals surface area contributed by atoms with E-state index in [9.17, 15) is 4.79 Å². The molecule has 1 N–H and O–H groups in total. The highest BCUT2D eigenvalue weighted by Crippen LogP contribution is 1.86. The molecule has 0 saturated heterocycles. The molecule has 0 aliphatic rings. The van der Waals surface area contributed by atoms with Crippen molar-refractivity contribution in [2.45, 2.75) is 19.9 Å². The van der Waals surface area contributed by atoms with Gasteiger partial charge in [-0.3, -0.25) is 4.79 Å². The predicted octanol–water partition coefficient (Wildman–Crippen LogP) is 0.714. The second kappa shape index (κ2) is 5.92. The largest absolute Gasteiger partial charge is 0.465 e. The molecule has 11 heavy (non-hydrogen) atoms. The summed E-state index contributed by atoms with van der Waals surface area (Å²) in [5, 5.41) is 2.92. The smallest absolute Gasteiger partial charge is 0.322 e. The molecule has 0 fully saturated rings. The first-order valence-electron chi connectivity index (χ1n) is 3.73. The van der Waals surface area contributed by atoms with Crippen LogP contribution in [0.4, 0.5) is 0 Å². The molecule has 0 heterocycles. The van der Waals surface area contributed by atoms with E-state index in [-0.39, 0.29) is 12.0 Å². The highest BCUT2D eigenvalue weighted by Gasteiger charge is 2.10. The van der Waals surface area contributed by atoms with Crippen LogP contribution < -0.4 is 5.32 Å². The van der Waals surface area contributed by atoms with Gasteiger partial charge < -0.3 is 10.1 Å². The third-order valence-electron chi connectivity index (χ3n) is 1.21. The lowest BCUT2D eigenvalue weighted by molar-refractivity contribution is -0.145. The first kappa shape index (κ1) is 10.2. The van der Waals surface area contributed by atoms with Crippen LogP contribution in [0.1, 0.15) is 13.8 Å². The molecule has 0 unspecified atom stereocenters. The van der Waals surface area contributed by atoms with Gasteiger partial charge in [-0.15, -0.1) is 6.58 Å². The maximum absolute atomic E-state index is 10.9. The molecule has 1 atom stereocenters. The van der Waals surface area contributed by atoms with E-state index < -0.39 is 0 Å².